The van der Waals surface area contributed by atoms with Crippen LogP contribution < -0.4 is 0 Å². The summed E-state index contributed by atoms with van der Waals surface area (Å²) in [7, 11) is 0. The summed E-state index contributed by atoms with van der Waals surface area (Å²) in [6.45, 7) is 6.43. The molecule has 2 heteroatoms. The minimum Gasteiger partial charge on any atom is -0.396 e. The first-order valence-corrected chi connectivity index (χ1v) is 8.49. The maximum absolute atomic E-state index is 11.6. The number of hydrogen-bond donors (Lipinski definition) is 2. The van der Waals surface area contributed by atoms with E-state index in [0.29, 0.717) is 6.42 Å². The molecule has 0 aliphatic heterocycles. The standard InChI is InChI=1S/C19H32O2/c1-4-7-14-18(6-3,16-20)19(21,15-8-5-2)17-12-10-9-11-13-17/h9-13,20-21H,4-8,14-16H2,1-3H3. The topological polar surface area (TPSA) is 40.5 Å². The minimum atomic E-state index is -0.942. The fraction of sp³-hybridized carbons (Fsp3) is 0.684. The number of aliphatic hydroxyl groups is 2. The molecule has 1 aromatic rings. The zero-order valence-electron chi connectivity index (χ0n) is 13.9. The molecule has 2 unspecified atom stereocenters. The van der Waals surface area contributed by atoms with E-state index >= 15 is 0 Å². The Morgan fingerprint density at radius 2 is 1.48 bits per heavy atom. The van der Waals surface area contributed by atoms with Crippen LogP contribution in [0.1, 0.15) is 71.3 Å². The molecule has 21 heavy (non-hydrogen) atoms. The van der Waals surface area contributed by atoms with Crippen molar-refractivity contribution >= 4 is 0 Å². The van der Waals surface area contributed by atoms with Crippen LogP contribution in [-0.4, -0.2) is 16.8 Å². The highest BCUT2D eigenvalue weighted by Gasteiger charge is 2.48. The van der Waals surface area contributed by atoms with E-state index in [0.717, 1.165) is 44.1 Å². The lowest BCUT2D eigenvalue weighted by molar-refractivity contribution is -0.131. The molecule has 0 aromatic heterocycles. The van der Waals surface area contributed by atoms with Crippen molar-refractivity contribution in [2.24, 2.45) is 5.41 Å². The Bertz CT molecular complexity index is 384. The monoisotopic (exact) mass is 292 g/mol. The van der Waals surface area contributed by atoms with Gasteiger partial charge < -0.3 is 10.2 Å². The molecule has 2 atom stereocenters. The van der Waals surface area contributed by atoms with Gasteiger partial charge in [-0.05, 0) is 24.8 Å². The third-order valence-corrected chi connectivity index (χ3v) is 5.01. The van der Waals surface area contributed by atoms with Crippen LogP contribution in [0.2, 0.25) is 0 Å². The van der Waals surface area contributed by atoms with Crippen LogP contribution in [0.4, 0.5) is 0 Å². The van der Waals surface area contributed by atoms with Crippen LogP contribution in [0, 0.1) is 5.41 Å². The maximum atomic E-state index is 11.6. The Balaban J connectivity index is 3.24. The van der Waals surface area contributed by atoms with E-state index in [-0.39, 0.29) is 6.61 Å². The minimum absolute atomic E-state index is 0.0403. The van der Waals surface area contributed by atoms with Gasteiger partial charge in [-0.15, -0.1) is 0 Å². The number of aliphatic hydroxyl groups excluding tert-OH is 1. The van der Waals surface area contributed by atoms with Crippen molar-refractivity contribution in [1.29, 1.82) is 0 Å². The third-order valence-electron chi connectivity index (χ3n) is 5.01. The first kappa shape index (κ1) is 18.2. The van der Waals surface area contributed by atoms with Crippen molar-refractivity contribution in [3.63, 3.8) is 0 Å². The lowest BCUT2D eigenvalue weighted by Crippen LogP contribution is -2.48. The fourth-order valence-corrected chi connectivity index (χ4v) is 3.37. The second kappa shape index (κ2) is 8.55. The molecule has 0 spiro atoms. The van der Waals surface area contributed by atoms with Gasteiger partial charge in [0.2, 0.25) is 0 Å². The van der Waals surface area contributed by atoms with Crippen LogP contribution in [-0.2, 0) is 5.60 Å². The first-order chi connectivity index (χ1) is 10.1. The summed E-state index contributed by atoms with van der Waals surface area (Å²) in [5.41, 5.74) is -0.437. The van der Waals surface area contributed by atoms with Crippen molar-refractivity contribution < 1.29 is 10.2 Å². The normalized spacial score (nSPS) is 17.2. The molecular weight excluding hydrogens is 260 g/mol. The van der Waals surface area contributed by atoms with E-state index < -0.39 is 11.0 Å². The van der Waals surface area contributed by atoms with Crippen LogP contribution in [0.15, 0.2) is 30.3 Å². The van der Waals surface area contributed by atoms with E-state index in [4.69, 9.17) is 0 Å². The molecule has 120 valence electrons. The van der Waals surface area contributed by atoms with Crippen LogP contribution >= 0.6 is 0 Å². The Kier molecular flexibility index (Phi) is 7.41. The summed E-state index contributed by atoms with van der Waals surface area (Å²) in [6.07, 6.45) is 6.51. The summed E-state index contributed by atoms with van der Waals surface area (Å²) in [4.78, 5) is 0. The molecule has 0 heterocycles. The second-order valence-corrected chi connectivity index (χ2v) is 6.23. The van der Waals surface area contributed by atoms with Crippen molar-refractivity contribution in [3.05, 3.63) is 35.9 Å². The maximum Gasteiger partial charge on any atom is 0.0974 e. The molecule has 0 saturated carbocycles. The van der Waals surface area contributed by atoms with E-state index in [2.05, 4.69) is 20.8 Å². The van der Waals surface area contributed by atoms with Crippen molar-refractivity contribution in [3.8, 4) is 0 Å². The smallest absolute Gasteiger partial charge is 0.0974 e. The second-order valence-electron chi connectivity index (χ2n) is 6.23. The van der Waals surface area contributed by atoms with Gasteiger partial charge in [0.05, 0.1) is 12.2 Å². The van der Waals surface area contributed by atoms with Gasteiger partial charge in [0, 0.05) is 5.41 Å². The molecule has 0 bridgehead atoms. The van der Waals surface area contributed by atoms with Crippen LogP contribution in [0.25, 0.3) is 0 Å². The summed E-state index contributed by atoms with van der Waals surface area (Å²) >= 11 is 0. The molecular formula is C19H32O2. The van der Waals surface area contributed by atoms with Gasteiger partial charge in [-0.2, -0.15) is 0 Å². The van der Waals surface area contributed by atoms with Gasteiger partial charge in [-0.3, -0.25) is 0 Å². The largest absolute Gasteiger partial charge is 0.396 e. The summed E-state index contributed by atoms with van der Waals surface area (Å²) in [5, 5.41) is 21.7. The lowest BCUT2D eigenvalue weighted by atomic mass is 9.62. The van der Waals surface area contributed by atoms with Gasteiger partial charge in [0.15, 0.2) is 0 Å². The Hall–Kier alpha value is -0.860. The molecule has 0 aliphatic carbocycles. The van der Waals surface area contributed by atoms with Gasteiger partial charge in [-0.1, -0.05) is 76.8 Å². The Morgan fingerprint density at radius 3 is 1.95 bits per heavy atom. The molecule has 2 N–H and O–H groups in total. The number of benzene rings is 1. The molecule has 0 fully saturated rings. The molecule has 0 aliphatic rings. The highest BCUT2D eigenvalue weighted by Crippen LogP contribution is 2.49. The zero-order valence-corrected chi connectivity index (χ0v) is 13.9. The molecule has 0 saturated heterocycles. The predicted octanol–water partition coefficient (Wildman–Crippen LogP) is 4.64. The molecule has 2 nitrogen and oxygen atoms in total. The number of unbranched alkanes of at least 4 members (excludes halogenated alkanes) is 2. The molecule has 0 radical (unpaired) electrons. The summed E-state index contributed by atoms with van der Waals surface area (Å²) in [5.74, 6) is 0. The first-order valence-electron chi connectivity index (χ1n) is 8.49. The van der Waals surface area contributed by atoms with Crippen molar-refractivity contribution in [2.45, 2.75) is 71.3 Å². The summed E-state index contributed by atoms with van der Waals surface area (Å²) < 4.78 is 0. The van der Waals surface area contributed by atoms with Gasteiger partial charge in [0.1, 0.15) is 0 Å². The third kappa shape index (κ3) is 3.87. The highest BCUT2D eigenvalue weighted by molar-refractivity contribution is 5.25. The van der Waals surface area contributed by atoms with E-state index in [1.165, 1.54) is 0 Å². The Morgan fingerprint density at radius 1 is 0.905 bits per heavy atom. The number of rotatable bonds is 10. The van der Waals surface area contributed by atoms with Crippen LogP contribution in [0.5, 0.6) is 0 Å². The van der Waals surface area contributed by atoms with Gasteiger partial charge in [-0.25, -0.2) is 0 Å². The molecule has 0 amide bonds. The fourth-order valence-electron chi connectivity index (χ4n) is 3.37. The van der Waals surface area contributed by atoms with E-state index in [9.17, 15) is 10.2 Å². The zero-order chi connectivity index (χ0) is 15.8. The van der Waals surface area contributed by atoms with E-state index in [1.54, 1.807) is 0 Å². The lowest BCUT2D eigenvalue weighted by Gasteiger charge is -2.47. The van der Waals surface area contributed by atoms with Gasteiger partial charge in [0.25, 0.3) is 0 Å². The average Bonchev–Trinajstić information content (AvgIpc) is 2.55. The SMILES string of the molecule is CCCCC(CC)(CO)C(O)(CCCC)c1ccccc1. The quantitative estimate of drug-likeness (QED) is 0.659. The average molecular weight is 292 g/mol. The predicted molar refractivity (Wildman–Crippen MR) is 89.2 cm³/mol. The van der Waals surface area contributed by atoms with Gasteiger partial charge >= 0.3 is 0 Å². The van der Waals surface area contributed by atoms with E-state index in [1.807, 2.05) is 30.3 Å². The van der Waals surface area contributed by atoms with Crippen molar-refractivity contribution in [2.75, 3.05) is 6.61 Å². The van der Waals surface area contributed by atoms with Crippen LogP contribution in [0.3, 0.4) is 0 Å². The summed E-state index contributed by atoms with van der Waals surface area (Å²) in [6, 6.07) is 9.93. The van der Waals surface area contributed by atoms with Crippen molar-refractivity contribution in [1.82, 2.24) is 0 Å². The highest BCUT2D eigenvalue weighted by atomic mass is 16.3. The molecule has 1 rings (SSSR count). The Labute approximate surface area is 130 Å². The molecule has 1 aromatic carbocycles. The number of hydrogen-bond acceptors (Lipinski definition) is 2.